The van der Waals surface area contributed by atoms with Crippen LogP contribution in [0.3, 0.4) is 0 Å². The minimum absolute atomic E-state index is 0.349. The summed E-state index contributed by atoms with van der Waals surface area (Å²) < 4.78 is 13.0. The summed E-state index contributed by atoms with van der Waals surface area (Å²) >= 11 is 3.12. The zero-order valence-corrected chi connectivity index (χ0v) is 6.73. The predicted octanol–water partition coefficient (Wildman–Crippen LogP) is 2.59. The maximum absolute atomic E-state index is 12.4. The second kappa shape index (κ2) is 2.92. The van der Waals surface area contributed by atoms with Crippen molar-refractivity contribution in [1.82, 2.24) is 4.98 Å². The molecule has 0 amide bonds. The van der Waals surface area contributed by atoms with Gasteiger partial charge in [0.2, 0.25) is 0 Å². The van der Waals surface area contributed by atoms with Crippen molar-refractivity contribution in [2.24, 2.45) is 0 Å². The number of aromatic nitrogens is 1. The SMILES string of the molecule is C=C(Br)c1cncc(F)c1. The van der Waals surface area contributed by atoms with E-state index in [2.05, 4.69) is 27.5 Å². The average Bonchev–Trinajstić information content (AvgIpc) is 1.88. The van der Waals surface area contributed by atoms with E-state index in [1.165, 1.54) is 6.07 Å². The molecule has 0 radical (unpaired) electrons. The molecule has 0 saturated heterocycles. The monoisotopic (exact) mass is 201 g/mol. The Morgan fingerprint density at radius 2 is 2.30 bits per heavy atom. The van der Waals surface area contributed by atoms with Crippen LogP contribution in [0.4, 0.5) is 4.39 Å². The number of hydrogen-bond donors (Lipinski definition) is 0. The summed E-state index contributed by atoms with van der Waals surface area (Å²) in [5.74, 6) is -0.349. The van der Waals surface area contributed by atoms with Crippen molar-refractivity contribution in [3.8, 4) is 0 Å². The molecule has 0 atom stereocenters. The van der Waals surface area contributed by atoms with Gasteiger partial charge in [-0.2, -0.15) is 0 Å². The third kappa shape index (κ3) is 1.64. The fourth-order valence-corrected chi connectivity index (χ4v) is 0.777. The van der Waals surface area contributed by atoms with Crippen molar-refractivity contribution in [2.75, 3.05) is 0 Å². The van der Waals surface area contributed by atoms with Crippen LogP contribution in [0.25, 0.3) is 4.48 Å². The molecule has 0 saturated carbocycles. The van der Waals surface area contributed by atoms with Crippen LogP contribution < -0.4 is 0 Å². The smallest absolute Gasteiger partial charge is 0.142 e. The summed E-state index contributed by atoms with van der Waals surface area (Å²) in [5, 5.41) is 0. The third-order valence-electron chi connectivity index (χ3n) is 1.02. The maximum Gasteiger partial charge on any atom is 0.142 e. The summed E-state index contributed by atoms with van der Waals surface area (Å²) in [7, 11) is 0. The molecule has 0 aromatic carbocycles. The van der Waals surface area contributed by atoms with E-state index < -0.39 is 0 Å². The molecule has 0 fully saturated rings. The van der Waals surface area contributed by atoms with Crippen molar-refractivity contribution >= 4 is 20.4 Å². The Balaban J connectivity index is 3.07. The van der Waals surface area contributed by atoms with Crippen LogP contribution in [-0.4, -0.2) is 4.98 Å². The first-order chi connectivity index (χ1) is 4.70. The van der Waals surface area contributed by atoms with Crippen LogP contribution in [-0.2, 0) is 0 Å². The molecule has 0 spiro atoms. The van der Waals surface area contributed by atoms with Gasteiger partial charge in [-0.25, -0.2) is 4.39 Å². The lowest BCUT2D eigenvalue weighted by Gasteiger charge is -1.94. The lowest BCUT2D eigenvalue weighted by molar-refractivity contribution is 0.621. The van der Waals surface area contributed by atoms with Gasteiger partial charge in [0.05, 0.1) is 6.20 Å². The molecule has 0 aliphatic heterocycles. The Labute approximate surface area is 66.7 Å². The molecule has 52 valence electrons. The van der Waals surface area contributed by atoms with Crippen molar-refractivity contribution < 1.29 is 4.39 Å². The van der Waals surface area contributed by atoms with Crippen molar-refractivity contribution in [1.29, 1.82) is 0 Å². The van der Waals surface area contributed by atoms with Gasteiger partial charge in [-0.15, -0.1) is 0 Å². The predicted molar refractivity (Wildman–Crippen MR) is 42.2 cm³/mol. The average molecular weight is 202 g/mol. The molecular formula is C7H5BrFN. The number of halogens is 2. The number of rotatable bonds is 1. The summed E-state index contributed by atoms with van der Waals surface area (Å²) in [4.78, 5) is 3.64. The van der Waals surface area contributed by atoms with Gasteiger partial charge in [0, 0.05) is 16.2 Å². The van der Waals surface area contributed by atoms with E-state index >= 15 is 0 Å². The van der Waals surface area contributed by atoms with Gasteiger partial charge in [-0.05, 0) is 6.07 Å². The van der Waals surface area contributed by atoms with E-state index in [0.29, 0.717) is 10.0 Å². The van der Waals surface area contributed by atoms with Crippen LogP contribution in [0.5, 0.6) is 0 Å². The molecule has 0 N–H and O–H groups in total. The molecule has 1 aromatic heterocycles. The Bertz CT molecular complexity index is 260. The minimum Gasteiger partial charge on any atom is -0.261 e. The first-order valence-corrected chi connectivity index (χ1v) is 3.45. The largest absolute Gasteiger partial charge is 0.261 e. The zero-order chi connectivity index (χ0) is 7.56. The highest BCUT2D eigenvalue weighted by molar-refractivity contribution is 9.15. The number of nitrogens with zero attached hydrogens (tertiary/aromatic N) is 1. The van der Waals surface area contributed by atoms with Gasteiger partial charge >= 0.3 is 0 Å². The quantitative estimate of drug-likeness (QED) is 0.681. The van der Waals surface area contributed by atoms with E-state index in [-0.39, 0.29) is 5.82 Å². The molecule has 1 heterocycles. The van der Waals surface area contributed by atoms with Crippen LogP contribution in [0.2, 0.25) is 0 Å². The standard InChI is InChI=1S/C7H5BrFN/c1-5(8)6-2-7(9)4-10-3-6/h2-4H,1H2. The van der Waals surface area contributed by atoms with Gasteiger partial charge in [0.1, 0.15) is 5.82 Å². The van der Waals surface area contributed by atoms with Crippen LogP contribution in [0.15, 0.2) is 25.0 Å². The Morgan fingerprint density at radius 1 is 1.60 bits per heavy atom. The van der Waals surface area contributed by atoms with E-state index in [9.17, 15) is 4.39 Å². The van der Waals surface area contributed by atoms with E-state index in [1.807, 2.05) is 0 Å². The van der Waals surface area contributed by atoms with E-state index in [1.54, 1.807) is 6.20 Å². The normalized spacial score (nSPS) is 9.40. The van der Waals surface area contributed by atoms with Gasteiger partial charge in [0.25, 0.3) is 0 Å². The van der Waals surface area contributed by atoms with E-state index in [4.69, 9.17) is 0 Å². The lowest BCUT2D eigenvalue weighted by atomic mass is 10.3. The first kappa shape index (κ1) is 7.41. The lowest BCUT2D eigenvalue weighted by Crippen LogP contribution is -1.81. The number of hydrogen-bond acceptors (Lipinski definition) is 1. The maximum atomic E-state index is 12.4. The van der Waals surface area contributed by atoms with Crippen molar-refractivity contribution in [3.05, 3.63) is 36.4 Å². The second-order valence-electron chi connectivity index (χ2n) is 1.80. The molecule has 1 rings (SSSR count). The highest BCUT2D eigenvalue weighted by Crippen LogP contribution is 2.17. The highest BCUT2D eigenvalue weighted by Gasteiger charge is 1.95. The molecule has 0 bridgehead atoms. The summed E-state index contributed by atoms with van der Waals surface area (Å²) in [6.07, 6.45) is 2.69. The topological polar surface area (TPSA) is 12.9 Å². The van der Waals surface area contributed by atoms with Crippen LogP contribution in [0, 0.1) is 5.82 Å². The highest BCUT2D eigenvalue weighted by atomic mass is 79.9. The zero-order valence-electron chi connectivity index (χ0n) is 5.14. The Kier molecular flexibility index (Phi) is 2.17. The second-order valence-corrected chi connectivity index (χ2v) is 2.75. The summed E-state index contributed by atoms with van der Waals surface area (Å²) in [6.45, 7) is 3.58. The molecule has 0 aliphatic rings. The van der Waals surface area contributed by atoms with Gasteiger partial charge in [-0.3, -0.25) is 4.98 Å². The van der Waals surface area contributed by atoms with Gasteiger partial charge in [-0.1, -0.05) is 22.5 Å². The molecule has 0 unspecified atom stereocenters. The van der Waals surface area contributed by atoms with Crippen LogP contribution >= 0.6 is 15.9 Å². The molecule has 1 nitrogen and oxygen atoms in total. The summed E-state index contributed by atoms with van der Waals surface area (Å²) in [5.41, 5.74) is 0.667. The van der Waals surface area contributed by atoms with Crippen LogP contribution in [0.1, 0.15) is 5.56 Å². The molecule has 0 aliphatic carbocycles. The molecule has 10 heavy (non-hydrogen) atoms. The molecule has 3 heteroatoms. The fraction of sp³-hybridized carbons (Fsp3) is 0. The van der Waals surface area contributed by atoms with Gasteiger partial charge in [0.15, 0.2) is 0 Å². The number of pyridine rings is 1. The van der Waals surface area contributed by atoms with E-state index in [0.717, 1.165) is 6.20 Å². The Hall–Kier alpha value is -0.700. The molecular weight excluding hydrogens is 197 g/mol. The first-order valence-electron chi connectivity index (χ1n) is 2.65. The van der Waals surface area contributed by atoms with Crippen molar-refractivity contribution in [3.63, 3.8) is 0 Å². The van der Waals surface area contributed by atoms with Gasteiger partial charge < -0.3 is 0 Å². The fourth-order valence-electron chi connectivity index (χ4n) is 0.560. The Morgan fingerprint density at radius 3 is 2.70 bits per heavy atom. The summed E-state index contributed by atoms with van der Waals surface area (Å²) in [6, 6.07) is 1.37. The molecule has 1 aromatic rings. The van der Waals surface area contributed by atoms with Crippen molar-refractivity contribution in [2.45, 2.75) is 0 Å². The minimum atomic E-state index is -0.349. The third-order valence-corrected chi connectivity index (χ3v) is 1.48.